The summed E-state index contributed by atoms with van der Waals surface area (Å²) in [5, 5.41) is 0. The molecule has 1 saturated heterocycles. The molecule has 1 aliphatic rings. The van der Waals surface area contributed by atoms with Crippen molar-refractivity contribution < 1.29 is 9.87 Å². The van der Waals surface area contributed by atoms with Gasteiger partial charge >= 0.3 is 0 Å². The van der Waals surface area contributed by atoms with E-state index in [2.05, 4.69) is 77.7 Å². The highest BCUT2D eigenvalue weighted by Gasteiger charge is 2.28. The fourth-order valence-corrected chi connectivity index (χ4v) is 4.62. The normalized spacial score (nSPS) is 14.8. The maximum atomic E-state index is 13.0. The summed E-state index contributed by atoms with van der Waals surface area (Å²) < 4.78 is 13.0. The average Bonchev–Trinajstić information content (AvgIpc) is 2.80. The van der Waals surface area contributed by atoms with Crippen LogP contribution in [0.2, 0.25) is 0 Å². The van der Waals surface area contributed by atoms with Gasteiger partial charge in [-0.3, -0.25) is 0 Å². The molecule has 0 unspecified atom stereocenters. The van der Waals surface area contributed by atoms with Crippen LogP contribution in [0.3, 0.4) is 0 Å². The van der Waals surface area contributed by atoms with E-state index in [0.717, 1.165) is 31.6 Å². The Hall–Kier alpha value is -2.46. The Morgan fingerprint density at radius 3 is 1.88 bits per heavy atom. The number of benzene rings is 3. The molecule has 4 rings (SSSR count). The lowest BCUT2D eigenvalue weighted by atomic mass is 9.76. The molecule has 0 aliphatic carbocycles. The van der Waals surface area contributed by atoms with Crippen LogP contribution in [-0.4, -0.2) is 30.0 Å². The number of rotatable bonds is 7. The van der Waals surface area contributed by atoms with E-state index in [1.54, 1.807) is 0 Å². The lowest BCUT2D eigenvalue weighted by Crippen LogP contribution is -2.36. The molecule has 170 valence electrons. The van der Waals surface area contributed by atoms with Crippen LogP contribution in [-0.2, 0) is 0 Å². The number of hydrogen-bond donors (Lipinski definition) is 0. The van der Waals surface area contributed by atoms with Crippen LogP contribution >= 0.6 is 12.4 Å². The van der Waals surface area contributed by atoms with E-state index in [9.17, 15) is 4.39 Å². The minimum absolute atomic E-state index is 0. The molecule has 4 heteroatoms. The summed E-state index contributed by atoms with van der Waals surface area (Å²) in [7, 11) is 0. The third kappa shape index (κ3) is 7.03. The zero-order valence-corrected chi connectivity index (χ0v) is 19.2. The Labute approximate surface area is 197 Å². The standard InChI is InChI=1S/C28H30FN.ClH.H2O/c29-27-16-14-23(15-17-27)9-7-8-20-30-21-18-26(19-22-30)28(24-10-3-1-4-11-24)25-12-5-2-6-13-25;;/h1-7,9-17,26,28H,8,18-22H2;1H;1H2/b9-7+;;. The first-order valence-electron chi connectivity index (χ1n) is 11.0. The molecule has 1 heterocycles. The van der Waals surface area contributed by atoms with E-state index in [1.165, 1.54) is 36.1 Å². The topological polar surface area (TPSA) is 34.7 Å². The van der Waals surface area contributed by atoms with Gasteiger partial charge < -0.3 is 10.4 Å². The van der Waals surface area contributed by atoms with Gasteiger partial charge in [-0.25, -0.2) is 4.39 Å². The molecule has 0 saturated carbocycles. The molecule has 0 amide bonds. The second-order valence-corrected chi connectivity index (χ2v) is 8.22. The molecule has 3 aromatic rings. The van der Waals surface area contributed by atoms with E-state index < -0.39 is 0 Å². The molecule has 3 aromatic carbocycles. The first-order valence-corrected chi connectivity index (χ1v) is 11.0. The summed E-state index contributed by atoms with van der Waals surface area (Å²) in [6.07, 6.45) is 7.79. The molecular weight excluding hydrogens is 421 g/mol. The fraction of sp³-hybridized carbons (Fsp3) is 0.286. The first-order chi connectivity index (χ1) is 14.8. The second-order valence-electron chi connectivity index (χ2n) is 8.22. The monoisotopic (exact) mass is 453 g/mol. The Morgan fingerprint density at radius 2 is 1.34 bits per heavy atom. The van der Waals surface area contributed by atoms with Crippen LogP contribution in [0.5, 0.6) is 0 Å². The number of likely N-dealkylation sites (tertiary alicyclic amines) is 1. The molecule has 0 aromatic heterocycles. The van der Waals surface area contributed by atoms with E-state index >= 15 is 0 Å². The van der Waals surface area contributed by atoms with Gasteiger partial charge in [0.05, 0.1) is 0 Å². The van der Waals surface area contributed by atoms with Gasteiger partial charge in [0.15, 0.2) is 0 Å². The minimum atomic E-state index is -0.181. The molecule has 0 spiro atoms. The van der Waals surface area contributed by atoms with Crippen LogP contribution < -0.4 is 0 Å². The summed E-state index contributed by atoms with van der Waals surface area (Å²) in [4.78, 5) is 2.58. The zero-order chi connectivity index (χ0) is 20.6. The van der Waals surface area contributed by atoms with Crippen molar-refractivity contribution in [1.29, 1.82) is 0 Å². The Bertz CT molecular complexity index is 883. The Balaban J connectivity index is 0.00000181. The number of hydrogen-bond acceptors (Lipinski definition) is 1. The number of piperidine rings is 1. The van der Waals surface area contributed by atoms with Crippen LogP contribution in [0.25, 0.3) is 6.08 Å². The minimum Gasteiger partial charge on any atom is -0.412 e. The van der Waals surface area contributed by atoms with Gasteiger partial charge in [0.25, 0.3) is 0 Å². The Morgan fingerprint density at radius 1 is 0.812 bits per heavy atom. The third-order valence-corrected chi connectivity index (χ3v) is 6.21. The molecular formula is C28H33ClFNO. The van der Waals surface area contributed by atoms with E-state index in [0.29, 0.717) is 11.8 Å². The molecule has 32 heavy (non-hydrogen) atoms. The Kier molecular flexibility index (Phi) is 10.6. The van der Waals surface area contributed by atoms with Gasteiger partial charge in [-0.2, -0.15) is 0 Å². The van der Waals surface area contributed by atoms with Crippen molar-refractivity contribution in [2.75, 3.05) is 19.6 Å². The summed E-state index contributed by atoms with van der Waals surface area (Å²) >= 11 is 0. The van der Waals surface area contributed by atoms with Gasteiger partial charge in [0.2, 0.25) is 0 Å². The quantitative estimate of drug-likeness (QED) is 0.409. The number of halogens is 2. The molecule has 0 radical (unpaired) electrons. The lowest BCUT2D eigenvalue weighted by Gasteiger charge is -2.36. The smallest absolute Gasteiger partial charge is 0.123 e. The van der Waals surface area contributed by atoms with E-state index in [4.69, 9.17) is 0 Å². The van der Waals surface area contributed by atoms with Crippen molar-refractivity contribution in [1.82, 2.24) is 4.90 Å². The highest BCUT2D eigenvalue weighted by Crippen LogP contribution is 2.37. The van der Waals surface area contributed by atoms with E-state index in [-0.39, 0.29) is 23.7 Å². The predicted molar refractivity (Wildman–Crippen MR) is 135 cm³/mol. The van der Waals surface area contributed by atoms with Gasteiger partial charge in [-0.15, -0.1) is 12.4 Å². The van der Waals surface area contributed by atoms with Gasteiger partial charge in [-0.05, 0) is 67.1 Å². The van der Waals surface area contributed by atoms with Crippen molar-refractivity contribution in [3.63, 3.8) is 0 Å². The molecule has 0 bridgehead atoms. The first kappa shape index (κ1) is 25.8. The van der Waals surface area contributed by atoms with Crippen LogP contribution in [0, 0.1) is 11.7 Å². The fourth-order valence-electron chi connectivity index (χ4n) is 4.62. The van der Waals surface area contributed by atoms with Crippen LogP contribution in [0.4, 0.5) is 4.39 Å². The largest absolute Gasteiger partial charge is 0.412 e. The van der Waals surface area contributed by atoms with E-state index in [1.807, 2.05) is 12.1 Å². The molecule has 2 nitrogen and oxygen atoms in total. The third-order valence-electron chi connectivity index (χ3n) is 6.21. The maximum Gasteiger partial charge on any atom is 0.123 e. The van der Waals surface area contributed by atoms with Gasteiger partial charge in [0.1, 0.15) is 5.82 Å². The molecule has 2 N–H and O–H groups in total. The van der Waals surface area contributed by atoms with Crippen molar-refractivity contribution in [3.8, 4) is 0 Å². The van der Waals surface area contributed by atoms with Crippen molar-refractivity contribution >= 4 is 18.5 Å². The highest BCUT2D eigenvalue weighted by molar-refractivity contribution is 5.85. The summed E-state index contributed by atoms with van der Waals surface area (Å²) in [5.41, 5.74) is 3.93. The SMILES string of the molecule is Cl.Fc1ccc(/C=C/CCN2CCC(C(c3ccccc3)c3ccccc3)CC2)cc1.O. The highest BCUT2D eigenvalue weighted by atomic mass is 35.5. The van der Waals surface area contributed by atoms with Crippen molar-refractivity contribution in [3.05, 3.63) is 114 Å². The second kappa shape index (κ2) is 13.2. The molecule has 0 atom stereocenters. The summed E-state index contributed by atoms with van der Waals surface area (Å²) in [6.45, 7) is 3.40. The summed E-state index contributed by atoms with van der Waals surface area (Å²) in [6, 6.07) is 28.7. The van der Waals surface area contributed by atoms with Gasteiger partial charge in [-0.1, -0.05) is 84.9 Å². The van der Waals surface area contributed by atoms with Crippen molar-refractivity contribution in [2.45, 2.75) is 25.2 Å². The summed E-state index contributed by atoms with van der Waals surface area (Å²) in [5.74, 6) is 0.980. The van der Waals surface area contributed by atoms with Crippen LogP contribution in [0.15, 0.2) is 91.0 Å². The van der Waals surface area contributed by atoms with Gasteiger partial charge in [0, 0.05) is 12.5 Å². The van der Waals surface area contributed by atoms with Crippen LogP contribution in [0.1, 0.15) is 41.9 Å². The predicted octanol–water partition coefficient (Wildman–Crippen LogP) is 6.37. The van der Waals surface area contributed by atoms with Crippen molar-refractivity contribution in [2.24, 2.45) is 5.92 Å². The lowest BCUT2D eigenvalue weighted by molar-refractivity contribution is 0.178. The number of nitrogens with zero attached hydrogens (tertiary/aromatic N) is 1. The molecule has 1 fully saturated rings. The molecule has 1 aliphatic heterocycles. The maximum absolute atomic E-state index is 13.0. The average molecular weight is 454 g/mol. The zero-order valence-electron chi connectivity index (χ0n) is 18.4.